The highest BCUT2D eigenvalue weighted by atomic mass is 35.5. The molecule has 0 spiro atoms. The summed E-state index contributed by atoms with van der Waals surface area (Å²) in [6.07, 6.45) is 0.312. The summed E-state index contributed by atoms with van der Waals surface area (Å²) in [6, 6.07) is 13.7. The Labute approximate surface area is 221 Å². The molecule has 2 aliphatic heterocycles. The second-order valence-electron chi connectivity index (χ2n) is 9.03. The van der Waals surface area contributed by atoms with Crippen LogP contribution in [0.3, 0.4) is 0 Å². The Bertz CT molecular complexity index is 1460. The molecule has 0 radical (unpaired) electrons. The number of fused-ring (bicyclic) bond motifs is 2. The van der Waals surface area contributed by atoms with Gasteiger partial charge in [0, 0.05) is 21.2 Å². The number of esters is 1. The van der Waals surface area contributed by atoms with E-state index in [2.05, 4.69) is 9.97 Å². The van der Waals surface area contributed by atoms with E-state index in [9.17, 15) is 4.79 Å². The number of carbonyl (C=O) groups excluding carboxylic acids is 1. The second kappa shape index (κ2) is 9.27. The van der Waals surface area contributed by atoms with E-state index in [0.717, 1.165) is 5.56 Å². The molecule has 4 heterocycles. The van der Waals surface area contributed by atoms with Gasteiger partial charge in [-0.25, -0.2) is 14.8 Å². The highest BCUT2D eigenvalue weighted by molar-refractivity contribution is 6.30. The Hall–Kier alpha value is -3.21. The lowest BCUT2D eigenvalue weighted by Crippen LogP contribution is -2.41. The number of carbonyl (C=O) groups is 1. The zero-order valence-corrected chi connectivity index (χ0v) is 21.0. The van der Waals surface area contributed by atoms with Crippen molar-refractivity contribution in [3.63, 3.8) is 0 Å². The fourth-order valence-electron chi connectivity index (χ4n) is 4.82. The number of aromatic nitrogens is 2. The minimum absolute atomic E-state index is 0.0676. The van der Waals surface area contributed by atoms with Gasteiger partial charge in [-0.3, -0.25) is 0 Å². The van der Waals surface area contributed by atoms with Gasteiger partial charge in [0.15, 0.2) is 17.7 Å². The van der Waals surface area contributed by atoms with Crippen molar-refractivity contribution in [3.05, 3.63) is 87.9 Å². The van der Waals surface area contributed by atoms with Crippen molar-refractivity contribution in [2.75, 3.05) is 12.3 Å². The van der Waals surface area contributed by atoms with Crippen LogP contribution in [0.5, 0.6) is 0 Å². The average Bonchev–Trinajstić information content (AvgIpc) is 3.54. The maximum absolute atomic E-state index is 12.7. The van der Waals surface area contributed by atoms with Crippen LogP contribution >= 0.6 is 23.2 Å². The van der Waals surface area contributed by atoms with Crippen LogP contribution in [0, 0.1) is 0 Å². The van der Waals surface area contributed by atoms with E-state index >= 15 is 0 Å². The average molecular weight is 542 g/mol. The number of nitrogens with zero attached hydrogens (tertiary/aromatic N) is 2. The minimum atomic E-state index is -0.974. The van der Waals surface area contributed by atoms with E-state index < -0.39 is 36.2 Å². The molecule has 2 aliphatic rings. The van der Waals surface area contributed by atoms with Crippen molar-refractivity contribution in [3.8, 4) is 0 Å². The van der Waals surface area contributed by atoms with E-state index in [0.29, 0.717) is 32.3 Å². The number of anilines is 1. The molecule has 1 unspecified atom stereocenters. The molecule has 2 aromatic heterocycles. The van der Waals surface area contributed by atoms with Crippen molar-refractivity contribution in [1.29, 1.82) is 0 Å². The van der Waals surface area contributed by atoms with E-state index in [1.54, 1.807) is 36.4 Å². The van der Waals surface area contributed by atoms with E-state index in [1.807, 2.05) is 19.1 Å². The van der Waals surface area contributed by atoms with Crippen molar-refractivity contribution in [2.24, 2.45) is 0 Å². The van der Waals surface area contributed by atoms with Gasteiger partial charge in [0.2, 0.25) is 0 Å². The number of nitrogen functional groups attached to an aromatic ring is 1. The quantitative estimate of drug-likeness (QED) is 0.336. The first-order valence-corrected chi connectivity index (χ1v) is 12.2. The van der Waals surface area contributed by atoms with Crippen LogP contribution in [-0.4, -0.2) is 40.4 Å². The zero-order chi connectivity index (χ0) is 25.7. The predicted octanol–water partition coefficient (Wildman–Crippen LogP) is 5.28. The molecule has 0 saturated carbocycles. The largest absolute Gasteiger partial charge is 0.459 e. The fourth-order valence-corrected chi connectivity index (χ4v) is 5.07. The van der Waals surface area contributed by atoms with Gasteiger partial charge in [-0.15, -0.1) is 0 Å². The summed E-state index contributed by atoms with van der Waals surface area (Å²) in [5, 5.41) is 1.12. The van der Waals surface area contributed by atoms with E-state index in [4.69, 9.17) is 52.3 Å². The predicted molar refractivity (Wildman–Crippen MR) is 134 cm³/mol. The second-order valence-corrected chi connectivity index (χ2v) is 9.90. The number of hydrogen-bond acceptors (Lipinski definition) is 9. The summed E-state index contributed by atoms with van der Waals surface area (Å²) < 4.78 is 30.5. The summed E-state index contributed by atoms with van der Waals surface area (Å²) >= 11 is 12.0. The summed E-state index contributed by atoms with van der Waals surface area (Å²) in [6.45, 7) is 1.82. The summed E-state index contributed by atoms with van der Waals surface area (Å²) in [5.41, 5.74) is 7.65. The van der Waals surface area contributed by atoms with Crippen LogP contribution in [0.15, 0.2) is 65.5 Å². The molecule has 0 amide bonds. The van der Waals surface area contributed by atoms with E-state index in [1.165, 1.54) is 12.6 Å². The molecule has 2 saturated heterocycles. The summed E-state index contributed by atoms with van der Waals surface area (Å²) in [4.78, 5) is 21.0. The monoisotopic (exact) mass is 541 g/mol. The minimum Gasteiger partial charge on any atom is -0.459 e. The Morgan fingerprint density at radius 2 is 1.76 bits per heavy atom. The number of ether oxygens (including phenoxy) is 4. The molecule has 2 aromatic carbocycles. The number of furan rings is 1. The van der Waals surface area contributed by atoms with Crippen molar-refractivity contribution < 1.29 is 28.2 Å². The van der Waals surface area contributed by atoms with Gasteiger partial charge >= 0.3 is 5.97 Å². The Morgan fingerprint density at radius 1 is 1.05 bits per heavy atom. The SMILES string of the molecule is C[C@@]12OC(c3ccc(Cl)cc3)O[C@@H]1[C@@H](COC(=O)c1ccc(Cl)cc1)O[C@H]2c1coc2c(N)ncnc12. The van der Waals surface area contributed by atoms with Gasteiger partial charge in [-0.2, -0.15) is 0 Å². The van der Waals surface area contributed by atoms with Gasteiger partial charge in [0.25, 0.3) is 0 Å². The molecule has 4 aromatic rings. The lowest BCUT2D eigenvalue weighted by Gasteiger charge is -2.27. The zero-order valence-electron chi connectivity index (χ0n) is 19.5. The van der Waals surface area contributed by atoms with Crippen LogP contribution in [0.4, 0.5) is 5.82 Å². The molecular weight excluding hydrogens is 521 g/mol. The molecule has 2 fully saturated rings. The Balaban J connectivity index is 1.31. The highest BCUT2D eigenvalue weighted by Gasteiger charge is 2.62. The third-order valence-corrected chi connectivity index (χ3v) is 7.16. The first kappa shape index (κ1) is 24.1. The summed E-state index contributed by atoms with van der Waals surface area (Å²) in [5.74, 6) is -0.292. The van der Waals surface area contributed by atoms with E-state index in [-0.39, 0.29) is 12.4 Å². The molecule has 11 heteroatoms. The van der Waals surface area contributed by atoms with Crippen LogP contribution in [0.2, 0.25) is 10.0 Å². The molecule has 37 heavy (non-hydrogen) atoms. The first-order chi connectivity index (χ1) is 17.8. The molecular formula is C26H21Cl2N3O6. The molecule has 190 valence electrons. The van der Waals surface area contributed by atoms with Crippen LogP contribution in [0.25, 0.3) is 11.1 Å². The summed E-state index contributed by atoms with van der Waals surface area (Å²) in [7, 11) is 0. The molecule has 5 atom stereocenters. The molecule has 6 rings (SSSR count). The third-order valence-electron chi connectivity index (χ3n) is 6.66. The standard InChI is InChI=1S/C26H21Cl2N3O6/c1-26-21(17-10-33-20-19(17)30-12-31-23(20)29)35-18(11-34-24(32)13-2-6-15(27)7-3-13)22(26)36-25(37-26)14-4-8-16(28)9-5-14/h2-10,12,18,21-22,25H,11H2,1H3,(H2,29,30,31)/t18-,21+,22-,25?,26+/m1/s1. The van der Waals surface area contributed by atoms with Gasteiger partial charge in [0.05, 0.1) is 11.8 Å². The number of halogens is 2. The van der Waals surface area contributed by atoms with Crippen molar-refractivity contribution in [2.45, 2.75) is 37.1 Å². The number of hydrogen-bond donors (Lipinski definition) is 1. The van der Waals surface area contributed by atoms with Gasteiger partial charge in [0.1, 0.15) is 42.4 Å². The normalized spacial score (nSPS) is 26.9. The third kappa shape index (κ3) is 4.22. The van der Waals surface area contributed by atoms with Crippen molar-refractivity contribution in [1.82, 2.24) is 9.97 Å². The number of benzene rings is 2. The Morgan fingerprint density at radius 3 is 2.49 bits per heavy atom. The smallest absolute Gasteiger partial charge is 0.338 e. The maximum Gasteiger partial charge on any atom is 0.338 e. The lowest BCUT2D eigenvalue weighted by atomic mass is 9.89. The van der Waals surface area contributed by atoms with Crippen LogP contribution in [-0.2, 0) is 18.9 Å². The van der Waals surface area contributed by atoms with Gasteiger partial charge in [-0.1, -0.05) is 35.3 Å². The molecule has 9 nitrogen and oxygen atoms in total. The first-order valence-electron chi connectivity index (χ1n) is 11.5. The number of rotatable bonds is 5. The van der Waals surface area contributed by atoms with Gasteiger partial charge < -0.3 is 29.1 Å². The molecule has 0 bridgehead atoms. The van der Waals surface area contributed by atoms with Crippen LogP contribution in [0.1, 0.15) is 40.8 Å². The van der Waals surface area contributed by atoms with Crippen LogP contribution < -0.4 is 5.73 Å². The lowest BCUT2D eigenvalue weighted by molar-refractivity contribution is -0.157. The van der Waals surface area contributed by atoms with Gasteiger partial charge in [-0.05, 0) is 43.3 Å². The topological polar surface area (TPSA) is 119 Å². The maximum atomic E-state index is 12.7. The van der Waals surface area contributed by atoms with Crippen molar-refractivity contribution >= 4 is 46.1 Å². The number of nitrogens with two attached hydrogens (primary N) is 1. The highest BCUT2D eigenvalue weighted by Crippen LogP contribution is 2.54. The fraction of sp³-hybridized carbons (Fsp3) is 0.269. The molecule has 2 N–H and O–H groups in total. The molecule has 0 aliphatic carbocycles. The Kier molecular flexibility index (Phi) is 6.05.